The summed E-state index contributed by atoms with van der Waals surface area (Å²) in [4.78, 5) is 28.1. The molecule has 0 saturated carbocycles. The van der Waals surface area contributed by atoms with Crippen molar-refractivity contribution in [2.45, 2.75) is 24.9 Å². The van der Waals surface area contributed by atoms with E-state index in [4.69, 9.17) is 4.55 Å². The van der Waals surface area contributed by atoms with Gasteiger partial charge in [0.2, 0.25) is 5.91 Å². The lowest BCUT2D eigenvalue weighted by molar-refractivity contribution is -0.120. The first-order chi connectivity index (χ1) is 12.2. The maximum absolute atomic E-state index is 12.6. The summed E-state index contributed by atoms with van der Waals surface area (Å²) in [5.74, 6) is -0.358. The van der Waals surface area contributed by atoms with Gasteiger partial charge in [-0.1, -0.05) is 0 Å². The number of nitrogens with one attached hydrogen (secondary N) is 1. The Morgan fingerprint density at radius 2 is 1.92 bits per heavy atom. The summed E-state index contributed by atoms with van der Waals surface area (Å²) in [6.45, 7) is 0.159. The Balaban J connectivity index is 1.68. The van der Waals surface area contributed by atoms with Gasteiger partial charge in [-0.15, -0.1) is 4.28 Å². The van der Waals surface area contributed by atoms with Crippen LogP contribution < -0.4 is 10.2 Å². The first-order valence-corrected chi connectivity index (χ1v) is 9.37. The van der Waals surface area contributed by atoms with Crippen LogP contribution in [0.15, 0.2) is 24.3 Å². The maximum atomic E-state index is 12.6. The largest absolute Gasteiger partial charge is 0.418 e. The first-order valence-electron chi connectivity index (χ1n) is 8.01. The molecule has 2 unspecified atom stereocenters. The molecule has 2 heterocycles. The summed E-state index contributed by atoms with van der Waals surface area (Å²) < 4.78 is 34.9. The molecule has 2 atom stereocenters. The van der Waals surface area contributed by atoms with Crippen molar-refractivity contribution in [3.8, 4) is 0 Å². The molecule has 0 aliphatic carbocycles. The number of carbonyl (C=O) groups excluding carboxylic acids is 2. The Morgan fingerprint density at radius 3 is 2.50 bits per heavy atom. The number of amides is 3. The van der Waals surface area contributed by atoms with Gasteiger partial charge in [-0.05, 0) is 37.1 Å². The van der Waals surface area contributed by atoms with Crippen molar-refractivity contribution in [1.29, 1.82) is 0 Å². The zero-order valence-corrected chi connectivity index (χ0v) is 15.1. The fourth-order valence-corrected chi connectivity index (χ4v) is 3.56. The number of fused-ring (bicyclic) bond motifs is 2. The van der Waals surface area contributed by atoms with E-state index in [2.05, 4.69) is 9.60 Å². The summed E-state index contributed by atoms with van der Waals surface area (Å²) >= 11 is 0. The average Bonchev–Trinajstić information content (AvgIpc) is 2.79. The molecule has 1 aromatic carbocycles. The molecule has 0 radical (unpaired) electrons. The third-order valence-corrected chi connectivity index (χ3v) is 4.80. The Morgan fingerprint density at radius 1 is 1.27 bits per heavy atom. The normalized spacial score (nSPS) is 22.5. The van der Waals surface area contributed by atoms with Crippen molar-refractivity contribution >= 4 is 33.7 Å². The zero-order valence-electron chi connectivity index (χ0n) is 14.3. The van der Waals surface area contributed by atoms with Gasteiger partial charge in [0.15, 0.2) is 0 Å². The van der Waals surface area contributed by atoms with E-state index in [1.54, 1.807) is 12.1 Å². The Bertz CT molecular complexity index is 810. The van der Waals surface area contributed by atoms with Crippen LogP contribution in [0.1, 0.15) is 12.8 Å². The molecular formula is C15H20N4O6S. The molecule has 2 bridgehead atoms. The van der Waals surface area contributed by atoms with Gasteiger partial charge in [0.25, 0.3) is 0 Å². The molecule has 2 aliphatic rings. The molecule has 3 rings (SSSR count). The van der Waals surface area contributed by atoms with Gasteiger partial charge in [0.1, 0.15) is 6.04 Å². The number of urea groups is 1. The van der Waals surface area contributed by atoms with Gasteiger partial charge in [0.05, 0.1) is 6.04 Å². The number of hydroxylamine groups is 2. The van der Waals surface area contributed by atoms with Crippen LogP contribution in [0.4, 0.5) is 16.2 Å². The van der Waals surface area contributed by atoms with Gasteiger partial charge in [0, 0.05) is 32.0 Å². The number of nitrogens with zero attached hydrogens (tertiary/aromatic N) is 3. The third-order valence-electron chi connectivity index (χ3n) is 4.45. The number of piperidine rings is 1. The van der Waals surface area contributed by atoms with Crippen molar-refractivity contribution in [3.05, 3.63) is 24.3 Å². The third kappa shape index (κ3) is 3.74. The standard InChI is InChI=1S/C15H20N4O6S/c1-17(2)11-5-3-10(4-6-11)16-14(20)13-8-7-12-9-18(13)15(21)19(12)25-26(22,23)24/h3-6,12-13H,7-9H2,1-2H3,(H,16,20)(H,22,23,24). The highest BCUT2D eigenvalue weighted by Gasteiger charge is 2.49. The molecule has 26 heavy (non-hydrogen) atoms. The van der Waals surface area contributed by atoms with Crippen LogP contribution in [0.5, 0.6) is 0 Å². The van der Waals surface area contributed by atoms with E-state index in [0.717, 1.165) is 5.69 Å². The van der Waals surface area contributed by atoms with Crippen molar-refractivity contribution in [2.24, 2.45) is 0 Å². The van der Waals surface area contributed by atoms with Crippen molar-refractivity contribution in [2.75, 3.05) is 30.9 Å². The van der Waals surface area contributed by atoms with E-state index >= 15 is 0 Å². The number of benzene rings is 1. The molecule has 142 valence electrons. The summed E-state index contributed by atoms with van der Waals surface area (Å²) in [5, 5.41) is 3.39. The lowest BCUT2D eigenvalue weighted by Crippen LogP contribution is -2.47. The monoisotopic (exact) mass is 384 g/mol. The molecule has 3 amide bonds. The van der Waals surface area contributed by atoms with E-state index in [9.17, 15) is 18.0 Å². The second-order valence-electron chi connectivity index (χ2n) is 6.44. The quantitative estimate of drug-likeness (QED) is 0.717. The predicted molar refractivity (Wildman–Crippen MR) is 92.8 cm³/mol. The Kier molecular flexibility index (Phi) is 4.78. The number of hydrogen-bond donors (Lipinski definition) is 2. The van der Waals surface area contributed by atoms with Crippen molar-refractivity contribution < 1.29 is 26.8 Å². The molecule has 10 nitrogen and oxygen atoms in total. The highest BCUT2D eigenvalue weighted by atomic mass is 32.3. The van der Waals surface area contributed by atoms with Gasteiger partial charge in [-0.3, -0.25) is 9.35 Å². The summed E-state index contributed by atoms with van der Waals surface area (Å²) in [6.07, 6.45) is 0.749. The van der Waals surface area contributed by atoms with Gasteiger partial charge >= 0.3 is 16.4 Å². The topological polar surface area (TPSA) is 119 Å². The summed E-state index contributed by atoms with van der Waals surface area (Å²) in [5.41, 5.74) is 1.58. The Labute approximate surface area is 151 Å². The number of anilines is 2. The zero-order chi connectivity index (χ0) is 19.1. The molecule has 0 aromatic heterocycles. The fourth-order valence-electron chi connectivity index (χ4n) is 3.17. The van der Waals surface area contributed by atoms with Crippen LogP contribution in [0.3, 0.4) is 0 Å². The predicted octanol–water partition coefficient (Wildman–Crippen LogP) is 0.694. The van der Waals surface area contributed by atoms with Gasteiger partial charge < -0.3 is 15.1 Å². The second-order valence-corrected chi connectivity index (χ2v) is 7.45. The van der Waals surface area contributed by atoms with Crippen LogP contribution in [0.25, 0.3) is 0 Å². The van der Waals surface area contributed by atoms with E-state index in [0.29, 0.717) is 23.6 Å². The minimum atomic E-state index is -4.80. The minimum Gasteiger partial charge on any atom is -0.378 e. The maximum Gasteiger partial charge on any atom is 0.418 e. The molecule has 11 heteroatoms. The molecule has 1 aromatic rings. The Hall–Kier alpha value is -2.37. The molecule has 2 aliphatic heterocycles. The highest BCUT2D eigenvalue weighted by Crippen LogP contribution is 2.31. The second kappa shape index (κ2) is 6.74. The van der Waals surface area contributed by atoms with E-state index in [1.165, 1.54) is 4.90 Å². The van der Waals surface area contributed by atoms with Crippen molar-refractivity contribution in [3.63, 3.8) is 0 Å². The SMILES string of the molecule is CN(C)c1ccc(NC(=O)C2CCC3CN2C(=O)N3OS(=O)(=O)O)cc1. The number of carbonyl (C=O) groups is 2. The highest BCUT2D eigenvalue weighted by molar-refractivity contribution is 7.80. The fraction of sp³-hybridized carbons (Fsp3) is 0.467. The lowest BCUT2D eigenvalue weighted by atomic mass is 10.0. The van der Waals surface area contributed by atoms with Crippen LogP contribution in [0, 0.1) is 0 Å². The van der Waals surface area contributed by atoms with E-state index < -0.39 is 28.5 Å². The lowest BCUT2D eigenvalue weighted by Gasteiger charge is -2.29. The molecule has 2 fully saturated rings. The van der Waals surface area contributed by atoms with E-state index in [1.807, 2.05) is 31.1 Å². The van der Waals surface area contributed by atoms with Crippen molar-refractivity contribution in [1.82, 2.24) is 9.96 Å². The van der Waals surface area contributed by atoms with Crippen LogP contribution in [-0.4, -0.2) is 67.6 Å². The van der Waals surface area contributed by atoms with Gasteiger partial charge in [-0.25, -0.2) is 4.79 Å². The number of rotatable bonds is 5. The minimum absolute atomic E-state index is 0.159. The first kappa shape index (κ1) is 18.4. The van der Waals surface area contributed by atoms with Crippen LogP contribution >= 0.6 is 0 Å². The summed E-state index contributed by atoms with van der Waals surface area (Å²) in [7, 11) is -0.986. The van der Waals surface area contributed by atoms with Crippen LogP contribution in [0.2, 0.25) is 0 Å². The molecule has 0 spiro atoms. The average molecular weight is 384 g/mol. The summed E-state index contributed by atoms with van der Waals surface area (Å²) in [6, 6.07) is 5.23. The molecule has 2 saturated heterocycles. The number of hydrogen-bond acceptors (Lipinski definition) is 6. The van der Waals surface area contributed by atoms with E-state index in [-0.39, 0.29) is 12.5 Å². The smallest absolute Gasteiger partial charge is 0.378 e. The molecular weight excluding hydrogens is 364 g/mol. The van der Waals surface area contributed by atoms with Crippen LogP contribution in [-0.2, 0) is 19.5 Å². The van der Waals surface area contributed by atoms with Gasteiger partial charge in [-0.2, -0.15) is 13.5 Å². The molecule has 2 N–H and O–H groups in total.